The molecule has 2 rings (SSSR count). The molecule has 0 saturated carbocycles. The molecule has 0 radical (unpaired) electrons. The van der Waals surface area contributed by atoms with Crippen LogP contribution in [0.5, 0.6) is 0 Å². The monoisotopic (exact) mass is 367 g/mol. The highest BCUT2D eigenvalue weighted by atomic mass is 127. The molecule has 0 aliphatic rings. The van der Waals surface area contributed by atoms with Gasteiger partial charge in [-0.3, -0.25) is 4.99 Å². The van der Waals surface area contributed by atoms with Crippen LogP contribution in [0.3, 0.4) is 0 Å². The van der Waals surface area contributed by atoms with Crippen molar-refractivity contribution in [2.24, 2.45) is 12.0 Å². The van der Waals surface area contributed by atoms with Crippen molar-refractivity contribution < 1.29 is 28.5 Å². The number of halogens is 1. The van der Waals surface area contributed by atoms with Gasteiger partial charge < -0.3 is 28.9 Å². The van der Waals surface area contributed by atoms with Crippen molar-refractivity contribution in [3.05, 3.63) is 54.4 Å². The lowest BCUT2D eigenvalue weighted by atomic mass is 10.2. The van der Waals surface area contributed by atoms with Crippen LogP contribution in [0.2, 0.25) is 0 Å². The lowest BCUT2D eigenvalue weighted by Crippen LogP contribution is -3.00. The molecule has 100 valence electrons. The summed E-state index contributed by atoms with van der Waals surface area (Å²) >= 11 is 0. The van der Waals surface area contributed by atoms with E-state index in [1.807, 2.05) is 68.6 Å². The second-order valence-electron chi connectivity index (χ2n) is 4.47. The Morgan fingerprint density at radius 1 is 1.00 bits per heavy atom. The van der Waals surface area contributed by atoms with Crippen LogP contribution in [0.4, 0.5) is 11.4 Å². The summed E-state index contributed by atoms with van der Waals surface area (Å²) in [6.07, 6.45) is 5.90. The van der Waals surface area contributed by atoms with Gasteiger partial charge in [0.1, 0.15) is 7.05 Å². The zero-order chi connectivity index (χ0) is 13.0. The largest absolute Gasteiger partial charge is 1.00 e. The molecule has 0 amide bonds. The number of anilines is 1. The minimum atomic E-state index is 0. The summed E-state index contributed by atoms with van der Waals surface area (Å²) in [7, 11) is 6.06. The number of aromatic nitrogens is 1. The molecule has 1 aromatic carbocycles. The molecular weight excluding hydrogens is 349 g/mol. The van der Waals surface area contributed by atoms with Gasteiger partial charge in [0.05, 0.1) is 5.69 Å². The highest BCUT2D eigenvalue weighted by Gasteiger charge is 1.95. The fourth-order valence-corrected chi connectivity index (χ4v) is 1.58. The Bertz CT molecular complexity index is 530. The number of pyridine rings is 1. The summed E-state index contributed by atoms with van der Waals surface area (Å²) in [5, 5.41) is 0. The molecule has 19 heavy (non-hydrogen) atoms. The van der Waals surface area contributed by atoms with E-state index in [2.05, 4.69) is 22.0 Å². The van der Waals surface area contributed by atoms with Crippen LogP contribution in [-0.2, 0) is 7.05 Å². The molecule has 3 nitrogen and oxygen atoms in total. The van der Waals surface area contributed by atoms with Gasteiger partial charge in [-0.25, -0.2) is 4.57 Å². The molecule has 0 aliphatic carbocycles. The normalized spacial score (nSPS) is 10.3. The van der Waals surface area contributed by atoms with Crippen molar-refractivity contribution in [3.63, 3.8) is 0 Å². The van der Waals surface area contributed by atoms with Crippen LogP contribution >= 0.6 is 0 Å². The summed E-state index contributed by atoms with van der Waals surface area (Å²) in [5.74, 6) is 0. The number of aryl methyl sites for hydroxylation is 1. The summed E-state index contributed by atoms with van der Waals surface area (Å²) in [5.41, 5.74) is 3.25. The topological polar surface area (TPSA) is 19.5 Å². The molecular formula is C15H18IN3. The summed E-state index contributed by atoms with van der Waals surface area (Å²) in [6.45, 7) is 0. The maximum atomic E-state index is 4.45. The van der Waals surface area contributed by atoms with Crippen LogP contribution in [0.1, 0.15) is 5.56 Å². The summed E-state index contributed by atoms with van der Waals surface area (Å²) in [6, 6.07) is 12.3. The van der Waals surface area contributed by atoms with Gasteiger partial charge >= 0.3 is 0 Å². The van der Waals surface area contributed by atoms with Crippen LogP contribution in [0.25, 0.3) is 0 Å². The number of aliphatic imine (C=N–C) groups is 1. The summed E-state index contributed by atoms with van der Waals surface area (Å²) in [4.78, 5) is 6.53. The standard InChI is InChI=1S/C15H18N3.HI/c1-17(2)15-6-4-14(5-7-15)16-12-13-8-10-18(3)11-9-13;/h4-12H,1-3H3;1H/q+1;/p-1. The first-order chi connectivity index (χ1) is 8.65. The molecule has 0 saturated heterocycles. The van der Waals surface area contributed by atoms with Crippen LogP contribution in [-0.4, -0.2) is 20.3 Å². The number of benzene rings is 1. The van der Waals surface area contributed by atoms with E-state index in [0.717, 1.165) is 11.3 Å². The quantitative estimate of drug-likeness (QED) is 0.400. The molecule has 1 aromatic heterocycles. The van der Waals surface area contributed by atoms with E-state index in [9.17, 15) is 0 Å². The predicted octanol–water partition coefficient (Wildman–Crippen LogP) is -0.668. The average molecular weight is 367 g/mol. The highest BCUT2D eigenvalue weighted by molar-refractivity contribution is 5.81. The minimum Gasteiger partial charge on any atom is -1.00 e. The second kappa shape index (κ2) is 7.23. The van der Waals surface area contributed by atoms with Gasteiger partial charge in [0.25, 0.3) is 0 Å². The predicted molar refractivity (Wildman–Crippen MR) is 75.6 cm³/mol. The molecule has 0 spiro atoms. The SMILES string of the molecule is CN(C)c1ccc(N=Cc2cc[n+](C)cc2)cc1.[I-]. The maximum absolute atomic E-state index is 4.45. The Kier molecular flexibility index (Phi) is 5.95. The molecule has 0 N–H and O–H groups in total. The fourth-order valence-electron chi connectivity index (χ4n) is 1.58. The Labute approximate surface area is 131 Å². The van der Waals surface area contributed by atoms with Gasteiger partial charge in [-0.2, -0.15) is 0 Å². The first-order valence-corrected chi connectivity index (χ1v) is 5.92. The molecule has 0 unspecified atom stereocenters. The smallest absolute Gasteiger partial charge is 0.169 e. The van der Waals surface area contributed by atoms with Gasteiger partial charge in [-0.05, 0) is 24.3 Å². The summed E-state index contributed by atoms with van der Waals surface area (Å²) < 4.78 is 2.00. The first-order valence-electron chi connectivity index (χ1n) is 5.92. The van der Waals surface area contributed by atoms with Gasteiger partial charge in [-0.1, -0.05) is 0 Å². The van der Waals surface area contributed by atoms with Crippen molar-refractivity contribution in [2.75, 3.05) is 19.0 Å². The molecule has 2 aromatic rings. The van der Waals surface area contributed by atoms with Crippen molar-refractivity contribution in [1.29, 1.82) is 0 Å². The number of rotatable bonds is 3. The van der Waals surface area contributed by atoms with Gasteiger partial charge in [-0.15, -0.1) is 0 Å². The van der Waals surface area contributed by atoms with Crippen molar-refractivity contribution >= 4 is 17.6 Å². The Morgan fingerprint density at radius 3 is 2.11 bits per heavy atom. The Morgan fingerprint density at radius 2 is 1.58 bits per heavy atom. The number of hydrogen-bond donors (Lipinski definition) is 0. The number of nitrogens with zero attached hydrogens (tertiary/aromatic N) is 3. The third-order valence-corrected chi connectivity index (χ3v) is 2.73. The molecule has 4 heteroatoms. The van der Waals surface area contributed by atoms with E-state index < -0.39 is 0 Å². The third-order valence-electron chi connectivity index (χ3n) is 2.73. The highest BCUT2D eigenvalue weighted by Crippen LogP contribution is 2.17. The van der Waals surface area contributed by atoms with Crippen molar-refractivity contribution in [2.45, 2.75) is 0 Å². The van der Waals surface area contributed by atoms with Gasteiger partial charge in [0.15, 0.2) is 12.4 Å². The fraction of sp³-hybridized carbons (Fsp3) is 0.200. The van der Waals surface area contributed by atoms with E-state index in [-0.39, 0.29) is 24.0 Å². The Hall–Kier alpha value is -1.43. The van der Waals surface area contributed by atoms with Crippen molar-refractivity contribution in [1.82, 2.24) is 0 Å². The van der Waals surface area contributed by atoms with Crippen molar-refractivity contribution in [3.8, 4) is 0 Å². The number of hydrogen-bond acceptors (Lipinski definition) is 2. The van der Waals surface area contributed by atoms with Gasteiger partial charge in [0.2, 0.25) is 0 Å². The zero-order valence-electron chi connectivity index (χ0n) is 11.4. The van der Waals surface area contributed by atoms with Gasteiger partial charge in [0, 0.05) is 43.7 Å². The minimum absolute atomic E-state index is 0. The van der Waals surface area contributed by atoms with E-state index in [0.29, 0.717) is 0 Å². The first kappa shape index (κ1) is 15.6. The van der Waals surface area contributed by atoms with Crippen LogP contribution in [0, 0.1) is 0 Å². The molecule has 0 atom stereocenters. The third kappa shape index (κ3) is 4.63. The van der Waals surface area contributed by atoms with Crippen LogP contribution in [0.15, 0.2) is 53.8 Å². The second-order valence-corrected chi connectivity index (χ2v) is 4.47. The molecule has 1 heterocycles. The average Bonchev–Trinajstić information content (AvgIpc) is 2.38. The van der Waals surface area contributed by atoms with E-state index in [1.54, 1.807) is 0 Å². The van der Waals surface area contributed by atoms with E-state index in [1.165, 1.54) is 5.69 Å². The zero-order valence-corrected chi connectivity index (χ0v) is 13.6. The molecule has 0 fully saturated rings. The lowest BCUT2D eigenvalue weighted by molar-refractivity contribution is -0.671. The van der Waals surface area contributed by atoms with E-state index >= 15 is 0 Å². The Balaban J connectivity index is 0.00000180. The maximum Gasteiger partial charge on any atom is 0.169 e. The molecule has 0 bridgehead atoms. The van der Waals surface area contributed by atoms with Crippen LogP contribution < -0.4 is 33.4 Å². The molecule has 0 aliphatic heterocycles. The van der Waals surface area contributed by atoms with E-state index in [4.69, 9.17) is 0 Å². The lowest BCUT2D eigenvalue weighted by Gasteiger charge is -2.11.